The third kappa shape index (κ3) is 4.18. The van der Waals surface area contributed by atoms with E-state index in [1.54, 1.807) is 18.2 Å². The number of hydrogen-bond donors (Lipinski definition) is 2. The van der Waals surface area contributed by atoms with E-state index in [0.717, 1.165) is 11.8 Å². The fourth-order valence-electron chi connectivity index (χ4n) is 2.05. The molecule has 2 N–H and O–H groups in total. The van der Waals surface area contributed by atoms with Crippen LogP contribution in [0.5, 0.6) is 0 Å². The maximum Gasteiger partial charge on any atom is 0.442 e. The summed E-state index contributed by atoms with van der Waals surface area (Å²) >= 11 is 4.14. The van der Waals surface area contributed by atoms with Crippen molar-refractivity contribution in [3.8, 4) is 5.69 Å². The predicted molar refractivity (Wildman–Crippen MR) is 94.3 cm³/mol. The number of aromatic amines is 1. The number of rotatable bonds is 5. The Labute approximate surface area is 154 Å². The summed E-state index contributed by atoms with van der Waals surface area (Å²) in [5.74, 6) is -1.06. The van der Waals surface area contributed by atoms with Crippen LogP contribution < -0.4 is 15.6 Å². The van der Waals surface area contributed by atoms with Crippen molar-refractivity contribution in [2.75, 3.05) is 11.1 Å². The molecular weight excluding hydrogens is 413 g/mol. The lowest BCUT2D eigenvalue weighted by molar-refractivity contribution is -0.704. The molecule has 25 heavy (non-hydrogen) atoms. The summed E-state index contributed by atoms with van der Waals surface area (Å²) in [4.78, 5) is 23.9. The Kier molecular flexibility index (Phi) is 5.34. The first-order valence-electron chi connectivity index (χ1n) is 7.11. The largest absolute Gasteiger partial charge is 0.442 e. The molecule has 3 aromatic rings. The lowest BCUT2D eigenvalue weighted by Crippen LogP contribution is -2.36. The number of benzene rings is 2. The molecule has 128 valence electrons. The van der Waals surface area contributed by atoms with Gasteiger partial charge in [0.2, 0.25) is 11.6 Å². The van der Waals surface area contributed by atoms with Crippen molar-refractivity contribution in [3.63, 3.8) is 0 Å². The summed E-state index contributed by atoms with van der Waals surface area (Å²) in [6.45, 7) is 0. The van der Waals surface area contributed by atoms with E-state index in [2.05, 4.69) is 26.5 Å². The Hall–Kier alpha value is -2.39. The van der Waals surface area contributed by atoms with Crippen molar-refractivity contribution in [2.45, 2.75) is 5.03 Å². The van der Waals surface area contributed by atoms with Gasteiger partial charge < -0.3 is 5.32 Å². The number of aromatic nitrogens is 2. The minimum absolute atomic E-state index is 0.0749. The third-order valence-corrected chi connectivity index (χ3v) is 4.69. The number of anilines is 1. The fourth-order valence-corrected chi connectivity index (χ4v) is 3.15. The summed E-state index contributed by atoms with van der Waals surface area (Å²) in [5, 5.41) is 5.18. The third-order valence-electron chi connectivity index (χ3n) is 3.17. The number of amides is 1. The Bertz CT molecular complexity index is 959. The zero-order chi connectivity index (χ0) is 17.8. The molecule has 0 radical (unpaired) electrons. The normalized spacial score (nSPS) is 10.6. The molecule has 1 heterocycles. The molecule has 0 atom stereocenters. The van der Waals surface area contributed by atoms with E-state index in [1.807, 2.05) is 18.2 Å². The molecule has 6 nitrogen and oxygen atoms in total. The molecule has 0 aliphatic rings. The summed E-state index contributed by atoms with van der Waals surface area (Å²) in [7, 11) is 0. The monoisotopic (exact) mass is 424 g/mol. The number of carbonyl (C=O) groups excluding carboxylic acids is 1. The molecule has 1 aromatic heterocycles. The quantitative estimate of drug-likeness (QED) is 0.487. The van der Waals surface area contributed by atoms with Gasteiger partial charge in [0, 0.05) is 16.6 Å². The SMILES string of the molecule is O=C(CSc1c(=O)o[nH][n+]1-c1ccccc1)Nc1ccc(Br)cc1F. The molecule has 3 rings (SSSR count). The van der Waals surface area contributed by atoms with Crippen molar-refractivity contribution in [1.29, 1.82) is 0 Å². The second-order valence-electron chi connectivity index (χ2n) is 4.92. The Morgan fingerprint density at radius 3 is 2.76 bits per heavy atom. The zero-order valence-corrected chi connectivity index (χ0v) is 15.1. The van der Waals surface area contributed by atoms with Crippen LogP contribution in [0.3, 0.4) is 0 Å². The van der Waals surface area contributed by atoms with Gasteiger partial charge in [-0.1, -0.05) is 34.1 Å². The molecule has 2 aromatic carbocycles. The Morgan fingerprint density at radius 2 is 2.04 bits per heavy atom. The van der Waals surface area contributed by atoms with E-state index in [0.29, 0.717) is 10.2 Å². The zero-order valence-electron chi connectivity index (χ0n) is 12.7. The van der Waals surface area contributed by atoms with E-state index in [4.69, 9.17) is 4.52 Å². The highest BCUT2D eigenvalue weighted by Gasteiger charge is 2.24. The maximum atomic E-state index is 13.7. The first-order valence-corrected chi connectivity index (χ1v) is 8.89. The van der Waals surface area contributed by atoms with Crippen molar-refractivity contribution < 1.29 is 18.4 Å². The Balaban J connectivity index is 1.71. The van der Waals surface area contributed by atoms with Gasteiger partial charge >= 0.3 is 10.7 Å². The van der Waals surface area contributed by atoms with Gasteiger partial charge in [0.15, 0.2) is 0 Å². The van der Waals surface area contributed by atoms with E-state index >= 15 is 0 Å². The summed E-state index contributed by atoms with van der Waals surface area (Å²) in [5.41, 5.74) is 0.178. The molecule has 0 aliphatic carbocycles. The van der Waals surface area contributed by atoms with Crippen LogP contribution in [0.15, 0.2) is 67.3 Å². The number of carbonyl (C=O) groups is 1. The number of H-pyrrole nitrogens is 1. The predicted octanol–water partition coefficient (Wildman–Crippen LogP) is 2.88. The molecule has 1 amide bonds. The molecule has 0 unspecified atom stereocenters. The maximum absolute atomic E-state index is 13.7. The standard InChI is InChI=1S/C16H11BrFN3O3S/c17-10-6-7-13(12(18)8-10)19-14(22)9-25-15-16(23)24-20-21(15)11-4-2-1-3-5-11/h1-8H,9H2,(H-,19,20,22,23)/p+1. The molecule has 9 heteroatoms. The van der Waals surface area contributed by atoms with Crippen LogP contribution >= 0.6 is 27.7 Å². The second-order valence-corrected chi connectivity index (χ2v) is 6.80. The van der Waals surface area contributed by atoms with Crippen molar-refractivity contribution in [2.24, 2.45) is 0 Å². The highest BCUT2D eigenvalue weighted by Crippen LogP contribution is 2.20. The van der Waals surface area contributed by atoms with Crippen LogP contribution in [-0.4, -0.2) is 16.9 Å². The van der Waals surface area contributed by atoms with Gasteiger partial charge in [-0.3, -0.25) is 9.32 Å². The van der Waals surface area contributed by atoms with Gasteiger partial charge in [-0.2, -0.15) is 0 Å². The van der Waals surface area contributed by atoms with Crippen molar-refractivity contribution >= 4 is 39.3 Å². The summed E-state index contributed by atoms with van der Waals surface area (Å²) < 4.78 is 20.6. The minimum atomic E-state index is -0.587. The van der Waals surface area contributed by atoms with Crippen LogP contribution in [0.4, 0.5) is 10.1 Å². The first-order chi connectivity index (χ1) is 12.0. The fraction of sp³-hybridized carbons (Fsp3) is 0.0625. The average Bonchev–Trinajstić information content (AvgIpc) is 2.97. The number of nitrogens with zero attached hydrogens (tertiary/aromatic N) is 1. The van der Waals surface area contributed by atoms with Gasteiger partial charge in [-0.15, -0.1) is 0 Å². The minimum Gasteiger partial charge on any atom is -0.323 e. The number of para-hydroxylation sites is 1. The molecule has 0 aliphatic heterocycles. The van der Waals surface area contributed by atoms with Crippen molar-refractivity contribution in [3.05, 3.63) is 69.2 Å². The van der Waals surface area contributed by atoms with Crippen LogP contribution in [0, 0.1) is 5.82 Å². The lowest BCUT2D eigenvalue weighted by Gasteiger charge is -2.05. The van der Waals surface area contributed by atoms with E-state index in [9.17, 15) is 14.0 Å². The molecular formula is C16H12BrFN3O3S+. The van der Waals surface area contributed by atoms with Crippen LogP contribution in [-0.2, 0) is 4.79 Å². The highest BCUT2D eigenvalue weighted by atomic mass is 79.9. The van der Waals surface area contributed by atoms with Gasteiger partial charge in [0.05, 0.1) is 11.4 Å². The molecule has 0 spiro atoms. The molecule has 0 bridgehead atoms. The molecule has 0 saturated heterocycles. The van der Waals surface area contributed by atoms with Crippen LogP contribution in [0.25, 0.3) is 5.69 Å². The number of hydrogen-bond acceptors (Lipinski definition) is 4. The van der Waals surface area contributed by atoms with E-state index in [-0.39, 0.29) is 16.5 Å². The average molecular weight is 425 g/mol. The van der Waals surface area contributed by atoms with Crippen LogP contribution in [0.1, 0.15) is 0 Å². The van der Waals surface area contributed by atoms with Gasteiger partial charge in [-0.25, -0.2) is 9.18 Å². The lowest BCUT2D eigenvalue weighted by atomic mass is 10.3. The topological polar surface area (TPSA) is 79.0 Å². The second kappa shape index (κ2) is 7.66. The van der Waals surface area contributed by atoms with E-state index in [1.165, 1.54) is 16.8 Å². The number of thioether (sulfide) groups is 1. The smallest absolute Gasteiger partial charge is 0.323 e. The summed E-state index contributed by atoms with van der Waals surface area (Å²) in [6, 6.07) is 13.4. The van der Waals surface area contributed by atoms with Gasteiger partial charge in [-0.05, 0) is 39.9 Å². The van der Waals surface area contributed by atoms with E-state index < -0.39 is 17.3 Å². The van der Waals surface area contributed by atoms with Crippen LogP contribution in [0.2, 0.25) is 0 Å². The first kappa shape index (κ1) is 17.4. The molecule has 0 fully saturated rings. The van der Waals surface area contributed by atoms with Gasteiger partial charge in [0.1, 0.15) is 5.82 Å². The highest BCUT2D eigenvalue weighted by molar-refractivity contribution is 9.10. The Morgan fingerprint density at radius 1 is 1.28 bits per heavy atom. The number of nitrogens with one attached hydrogen (secondary N) is 2. The summed E-state index contributed by atoms with van der Waals surface area (Å²) in [6.07, 6.45) is 0. The van der Waals surface area contributed by atoms with Gasteiger partial charge in [0.25, 0.3) is 0 Å². The molecule has 0 saturated carbocycles. The van der Waals surface area contributed by atoms with Crippen molar-refractivity contribution in [1.82, 2.24) is 5.27 Å². The number of halogens is 2.